The fourth-order valence-corrected chi connectivity index (χ4v) is 3.58. The van der Waals surface area contributed by atoms with E-state index in [-0.39, 0.29) is 11.7 Å². The van der Waals surface area contributed by atoms with Gasteiger partial charge in [0.15, 0.2) is 5.43 Å². The summed E-state index contributed by atoms with van der Waals surface area (Å²) in [6.45, 7) is 3.45. The van der Waals surface area contributed by atoms with Gasteiger partial charge >= 0.3 is 0 Å². The average Bonchev–Trinajstić information content (AvgIpc) is 2.74. The number of rotatable bonds is 4. The molecule has 4 heterocycles. The lowest BCUT2D eigenvalue weighted by molar-refractivity contribution is 0.0224. The Labute approximate surface area is 163 Å². The summed E-state index contributed by atoms with van der Waals surface area (Å²) >= 11 is 0. The molecular weight excluding hydrogens is 358 g/mol. The molecule has 1 unspecified atom stereocenters. The molecule has 3 N–H and O–H groups in total. The third kappa shape index (κ3) is 3.93. The lowest BCUT2D eigenvalue weighted by Crippen LogP contribution is -2.37. The van der Waals surface area contributed by atoms with E-state index in [2.05, 4.69) is 14.9 Å². The Morgan fingerprint density at radius 1 is 1.32 bits per heavy atom. The standard InChI is InChI=1S/C20H25N5O3/c21-6-4-15(23-18-3-1-2-10-28-18)20-19-14(5-7-22-20)16(26)13-17(24-19)25-8-11-27-12-9-25/h4-7,13,18H,1-3,8-12,21H2,(H,24,26). The molecule has 0 aliphatic carbocycles. The third-order valence-corrected chi connectivity index (χ3v) is 5.02. The molecular formula is C20H25N5O3. The quantitative estimate of drug-likeness (QED) is 0.776. The van der Waals surface area contributed by atoms with Gasteiger partial charge in [0.05, 0.1) is 24.4 Å². The van der Waals surface area contributed by atoms with Crippen molar-refractivity contribution in [3.8, 4) is 0 Å². The molecule has 2 saturated heterocycles. The molecule has 1 atom stereocenters. The molecule has 28 heavy (non-hydrogen) atoms. The molecule has 0 saturated carbocycles. The molecule has 0 spiro atoms. The molecule has 2 fully saturated rings. The number of H-pyrrole nitrogens is 1. The van der Waals surface area contributed by atoms with E-state index in [1.807, 2.05) is 0 Å². The molecule has 2 aliphatic heterocycles. The van der Waals surface area contributed by atoms with Crippen LogP contribution in [0.5, 0.6) is 0 Å². The highest BCUT2D eigenvalue weighted by Crippen LogP contribution is 2.20. The number of pyridine rings is 2. The van der Waals surface area contributed by atoms with Crippen LogP contribution in [0.3, 0.4) is 0 Å². The van der Waals surface area contributed by atoms with Gasteiger partial charge in [-0.05, 0) is 37.6 Å². The molecule has 2 aliphatic rings. The first-order valence-electron chi connectivity index (χ1n) is 9.69. The minimum absolute atomic E-state index is 0.0520. The number of nitrogens with two attached hydrogens (primary N) is 1. The van der Waals surface area contributed by atoms with Crippen molar-refractivity contribution in [1.82, 2.24) is 9.97 Å². The van der Waals surface area contributed by atoms with Crippen LogP contribution < -0.4 is 16.1 Å². The maximum Gasteiger partial charge on any atom is 0.191 e. The Hall–Kier alpha value is -2.71. The average molecular weight is 383 g/mol. The van der Waals surface area contributed by atoms with Crippen LogP contribution in [0, 0.1) is 0 Å². The molecule has 0 bridgehead atoms. The van der Waals surface area contributed by atoms with Gasteiger partial charge in [-0.2, -0.15) is 0 Å². The van der Waals surface area contributed by atoms with Crippen molar-refractivity contribution in [2.45, 2.75) is 25.5 Å². The summed E-state index contributed by atoms with van der Waals surface area (Å²) in [6.07, 6.45) is 7.55. The van der Waals surface area contributed by atoms with Gasteiger partial charge in [0.1, 0.15) is 17.7 Å². The smallest absolute Gasteiger partial charge is 0.191 e. The highest BCUT2D eigenvalue weighted by atomic mass is 16.5. The first kappa shape index (κ1) is 18.6. The number of nitrogens with zero attached hydrogens (tertiary/aromatic N) is 3. The number of fused-ring (bicyclic) bond motifs is 1. The van der Waals surface area contributed by atoms with Crippen LogP contribution >= 0.6 is 0 Å². The predicted octanol–water partition coefficient (Wildman–Crippen LogP) is 1.55. The second kappa shape index (κ2) is 8.53. The van der Waals surface area contributed by atoms with Gasteiger partial charge in [0.2, 0.25) is 0 Å². The van der Waals surface area contributed by atoms with Gasteiger partial charge in [-0.25, -0.2) is 0 Å². The Morgan fingerprint density at radius 3 is 2.93 bits per heavy atom. The van der Waals surface area contributed by atoms with Crippen molar-refractivity contribution < 1.29 is 9.47 Å². The minimum Gasteiger partial charge on any atom is -0.405 e. The zero-order valence-electron chi connectivity index (χ0n) is 15.8. The van der Waals surface area contributed by atoms with Crippen LogP contribution in [0.1, 0.15) is 25.0 Å². The van der Waals surface area contributed by atoms with Crippen molar-refractivity contribution in [2.24, 2.45) is 10.7 Å². The van der Waals surface area contributed by atoms with Crippen LogP contribution in [0.2, 0.25) is 0 Å². The summed E-state index contributed by atoms with van der Waals surface area (Å²) in [7, 11) is 0. The third-order valence-electron chi connectivity index (χ3n) is 5.02. The van der Waals surface area contributed by atoms with Gasteiger partial charge in [0, 0.05) is 37.3 Å². The molecule has 0 amide bonds. The first-order chi connectivity index (χ1) is 13.8. The van der Waals surface area contributed by atoms with E-state index in [1.165, 1.54) is 6.20 Å². The number of hydrogen-bond acceptors (Lipinski definition) is 7. The lowest BCUT2D eigenvalue weighted by atomic mass is 10.1. The molecule has 0 radical (unpaired) electrons. The van der Waals surface area contributed by atoms with E-state index in [1.54, 1.807) is 24.4 Å². The number of allylic oxidation sites excluding steroid dienone is 1. The number of aromatic amines is 1. The maximum atomic E-state index is 12.8. The van der Waals surface area contributed by atoms with Gasteiger partial charge in [-0.3, -0.25) is 14.8 Å². The number of morpholine rings is 1. The summed E-state index contributed by atoms with van der Waals surface area (Å²) in [5, 5.41) is 0.574. The molecule has 148 valence electrons. The largest absolute Gasteiger partial charge is 0.405 e. The molecule has 8 nitrogen and oxygen atoms in total. The SMILES string of the molecule is NC=CC(=NC1CCCCO1)c1nccc2c(=O)cc(N3CCOCC3)[nH]c12. The monoisotopic (exact) mass is 383 g/mol. The fraction of sp³-hybridized carbons (Fsp3) is 0.450. The Morgan fingerprint density at radius 2 is 2.18 bits per heavy atom. The first-order valence-corrected chi connectivity index (χ1v) is 9.69. The Bertz CT molecular complexity index is 940. The van der Waals surface area contributed by atoms with Crippen LogP contribution in [-0.2, 0) is 9.47 Å². The number of aliphatic imine (C=N–C) groups is 1. The number of aromatic nitrogens is 2. The summed E-state index contributed by atoms with van der Waals surface area (Å²) in [5.74, 6) is 0.764. The second-order valence-electron chi connectivity index (χ2n) is 6.90. The molecule has 4 rings (SSSR count). The predicted molar refractivity (Wildman–Crippen MR) is 109 cm³/mol. The molecule has 2 aromatic heterocycles. The summed E-state index contributed by atoms with van der Waals surface area (Å²) in [5.41, 5.74) is 7.48. The highest BCUT2D eigenvalue weighted by Gasteiger charge is 2.18. The van der Waals surface area contributed by atoms with E-state index >= 15 is 0 Å². The normalized spacial score (nSPS) is 21.5. The van der Waals surface area contributed by atoms with Crippen molar-refractivity contribution in [2.75, 3.05) is 37.8 Å². The van der Waals surface area contributed by atoms with Gasteiger partial charge in [-0.15, -0.1) is 0 Å². The number of hydrogen-bond donors (Lipinski definition) is 2. The van der Waals surface area contributed by atoms with Gasteiger partial charge in [-0.1, -0.05) is 0 Å². The van der Waals surface area contributed by atoms with Crippen molar-refractivity contribution in [3.05, 3.63) is 46.5 Å². The maximum absolute atomic E-state index is 12.8. The zero-order valence-corrected chi connectivity index (χ0v) is 15.8. The van der Waals surface area contributed by atoms with Crippen LogP contribution in [-0.4, -0.2) is 54.8 Å². The van der Waals surface area contributed by atoms with Crippen molar-refractivity contribution >= 4 is 22.4 Å². The summed E-state index contributed by atoms with van der Waals surface area (Å²) < 4.78 is 11.2. The highest BCUT2D eigenvalue weighted by molar-refractivity contribution is 6.14. The second-order valence-corrected chi connectivity index (χ2v) is 6.90. The summed E-state index contributed by atoms with van der Waals surface area (Å²) in [6, 6.07) is 3.36. The van der Waals surface area contributed by atoms with Gasteiger partial charge < -0.3 is 25.1 Å². The minimum atomic E-state index is -0.217. The van der Waals surface area contributed by atoms with Crippen molar-refractivity contribution in [1.29, 1.82) is 0 Å². The molecule has 0 aromatic carbocycles. The fourth-order valence-electron chi connectivity index (χ4n) is 3.58. The number of nitrogens with one attached hydrogen (secondary N) is 1. The van der Waals surface area contributed by atoms with Crippen molar-refractivity contribution in [3.63, 3.8) is 0 Å². The van der Waals surface area contributed by atoms with E-state index in [0.717, 1.165) is 38.2 Å². The topological polar surface area (TPSA) is 106 Å². The number of ether oxygens (including phenoxy) is 2. The lowest BCUT2D eigenvalue weighted by Gasteiger charge is -2.28. The van der Waals surface area contributed by atoms with E-state index in [0.29, 0.717) is 42.1 Å². The molecule has 8 heteroatoms. The summed E-state index contributed by atoms with van der Waals surface area (Å²) in [4.78, 5) is 27.5. The Balaban J connectivity index is 1.81. The zero-order chi connectivity index (χ0) is 19.3. The number of anilines is 1. The van der Waals surface area contributed by atoms with Crippen LogP contribution in [0.15, 0.2) is 40.4 Å². The van der Waals surface area contributed by atoms with Gasteiger partial charge in [0.25, 0.3) is 0 Å². The van der Waals surface area contributed by atoms with Crippen LogP contribution in [0.4, 0.5) is 5.82 Å². The van der Waals surface area contributed by atoms with E-state index in [9.17, 15) is 4.79 Å². The van der Waals surface area contributed by atoms with E-state index < -0.39 is 0 Å². The van der Waals surface area contributed by atoms with E-state index in [4.69, 9.17) is 20.2 Å². The van der Waals surface area contributed by atoms with Crippen LogP contribution in [0.25, 0.3) is 10.9 Å². The molecule has 2 aromatic rings. The Kier molecular flexibility index (Phi) is 5.68.